The number of carbonyl (C=O) groups is 1. The van der Waals surface area contributed by atoms with Gasteiger partial charge in [0.1, 0.15) is 17.7 Å². The third kappa shape index (κ3) is 6.47. The van der Waals surface area contributed by atoms with E-state index in [1.165, 1.54) is 0 Å². The van der Waals surface area contributed by atoms with E-state index in [1.54, 1.807) is 20.8 Å². The highest BCUT2D eigenvalue weighted by molar-refractivity contribution is 5.94. The zero-order chi connectivity index (χ0) is 21.7. The summed E-state index contributed by atoms with van der Waals surface area (Å²) in [4.78, 5) is 18.6. The Bertz CT molecular complexity index is 808. The summed E-state index contributed by atoms with van der Waals surface area (Å²) >= 11 is 0. The van der Waals surface area contributed by atoms with Crippen molar-refractivity contribution in [3.05, 3.63) is 35.9 Å². The van der Waals surface area contributed by atoms with Crippen LogP contribution in [0.2, 0.25) is 0 Å². The normalized spacial score (nSPS) is 18.5. The average Bonchev–Trinajstić information content (AvgIpc) is 3.14. The molecule has 1 atom stereocenters. The zero-order valence-electron chi connectivity index (χ0n) is 17.9. The highest BCUT2D eigenvalue weighted by Crippen LogP contribution is 2.27. The van der Waals surface area contributed by atoms with Crippen molar-refractivity contribution in [1.29, 1.82) is 0 Å². The van der Waals surface area contributed by atoms with Crippen molar-refractivity contribution in [3.8, 4) is 0 Å². The van der Waals surface area contributed by atoms with Crippen LogP contribution in [0.4, 0.5) is 10.5 Å². The molecule has 1 amide bonds. The molecule has 2 aliphatic rings. The number of nitrogens with one attached hydrogen (secondary N) is 2. The number of ether oxygens (including phenoxy) is 1. The van der Waals surface area contributed by atoms with Crippen molar-refractivity contribution in [2.75, 3.05) is 24.5 Å². The van der Waals surface area contributed by atoms with Gasteiger partial charge < -0.3 is 30.5 Å². The lowest BCUT2D eigenvalue weighted by molar-refractivity contribution is 0.0485. The number of hydrogen-bond acceptors (Lipinski definition) is 7. The van der Waals surface area contributed by atoms with Gasteiger partial charge in [-0.05, 0) is 45.7 Å². The number of alkyl carbamates (subject to hydrolysis) is 1. The second-order valence-corrected chi connectivity index (χ2v) is 8.66. The summed E-state index contributed by atoms with van der Waals surface area (Å²) in [6, 6.07) is 8.21. The number of benzene rings is 1. The first-order chi connectivity index (χ1) is 14.2. The van der Waals surface area contributed by atoms with Crippen LogP contribution in [0.15, 0.2) is 35.3 Å². The Hall–Kier alpha value is -2.58. The van der Waals surface area contributed by atoms with E-state index in [9.17, 15) is 15.0 Å². The molecule has 8 nitrogen and oxygen atoms in total. The van der Waals surface area contributed by atoms with E-state index in [4.69, 9.17) is 4.74 Å². The Morgan fingerprint density at radius 3 is 2.77 bits per heavy atom. The van der Waals surface area contributed by atoms with Crippen LogP contribution in [-0.2, 0) is 4.74 Å². The maximum atomic E-state index is 11.7. The molecule has 0 radical (unpaired) electrons. The quantitative estimate of drug-likeness (QED) is 0.549. The second kappa shape index (κ2) is 9.49. The van der Waals surface area contributed by atoms with E-state index >= 15 is 0 Å². The molecule has 0 aromatic heterocycles. The standard InChI is InChI=1S/C22H32N4O4/c1-22(2,3)30-21(29)23-14-20(28)25-19-8-7-18(24-19)15-5-4-6-16(13-15)26-11-9-17(27)10-12-26/h4-7,13,17,20,27-28H,8-12,14H2,1-3H3,(H,23,29)(H,24,25). The monoisotopic (exact) mass is 416 g/mol. The molecule has 8 heteroatoms. The summed E-state index contributed by atoms with van der Waals surface area (Å²) in [5.74, 6) is 0.648. The van der Waals surface area contributed by atoms with E-state index in [0.29, 0.717) is 12.3 Å². The van der Waals surface area contributed by atoms with Crippen LogP contribution >= 0.6 is 0 Å². The molecule has 164 valence electrons. The number of hydrogen-bond donors (Lipinski definition) is 4. The third-order valence-electron chi connectivity index (χ3n) is 4.89. The topological polar surface area (TPSA) is 106 Å². The van der Waals surface area contributed by atoms with Gasteiger partial charge in [0.05, 0.1) is 18.3 Å². The summed E-state index contributed by atoms with van der Waals surface area (Å²) in [6.45, 7) is 7.05. The van der Waals surface area contributed by atoms with Gasteiger partial charge in [-0.25, -0.2) is 9.79 Å². The molecular formula is C22H32N4O4. The van der Waals surface area contributed by atoms with Crippen molar-refractivity contribution < 1.29 is 19.7 Å². The highest BCUT2D eigenvalue weighted by atomic mass is 16.6. The molecule has 30 heavy (non-hydrogen) atoms. The van der Waals surface area contributed by atoms with Crippen LogP contribution in [0, 0.1) is 0 Å². The Balaban J connectivity index is 1.53. The molecular weight excluding hydrogens is 384 g/mol. The van der Waals surface area contributed by atoms with Crippen LogP contribution in [0.5, 0.6) is 0 Å². The molecule has 2 aliphatic heterocycles. The molecule has 0 bridgehead atoms. The van der Waals surface area contributed by atoms with Crippen LogP contribution in [0.3, 0.4) is 0 Å². The summed E-state index contributed by atoms with van der Waals surface area (Å²) < 4.78 is 5.15. The smallest absolute Gasteiger partial charge is 0.407 e. The number of aliphatic imine (C=N–C) groups is 1. The maximum absolute atomic E-state index is 11.7. The van der Waals surface area contributed by atoms with E-state index in [0.717, 1.165) is 42.9 Å². The van der Waals surface area contributed by atoms with Crippen molar-refractivity contribution in [2.24, 2.45) is 4.99 Å². The number of nitrogens with zero attached hydrogens (tertiary/aromatic N) is 2. The molecule has 3 rings (SSSR count). The number of piperidine rings is 1. The van der Waals surface area contributed by atoms with Gasteiger partial charge in [0.2, 0.25) is 0 Å². The predicted molar refractivity (Wildman–Crippen MR) is 117 cm³/mol. The minimum absolute atomic E-state index is 0.0135. The fourth-order valence-corrected chi connectivity index (χ4v) is 3.43. The number of amides is 1. The van der Waals surface area contributed by atoms with E-state index < -0.39 is 17.9 Å². The van der Waals surface area contributed by atoms with Gasteiger partial charge >= 0.3 is 6.09 Å². The molecule has 1 unspecified atom stereocenters. The molecule has 0 spiro atoms. The van der Waals surface area contributed by atoms with Gasteiger partial charge in [-0.2, -0.15) is 0 Å². The van der Waals surface area contributed by atoms with Crippen LogP contribution < -0.4 is 15.5 Å². The van der Waals surface area contributed by atoms with Crippen molar-refractivity contribution in [2.45, 2.75) is 58.0 Å². The van der Waals surface area contributed by atoms with Crippen molar-refractivity contribution in [1.82, 2.24) is 10.6 Å². The first kappa shape index (κ1) is 22.1. The maximum Gasteiger partial charge on any atom is 0.407 e. The molecule has 0 aliphatic carbocycles. The zero-order valence-corrected chi connectivity index (χ0v) is 17.9. The molecule has 1 aromatic rings. The highest BCUT2D eigenvalue weighted by Gasteiger charge is 2.20. The minimum Gasteiger partial charge on any atom is -0.444 e. The first-order valence-corrected chi connectivity index (χ1v) is 10.4. The summed E-state index contributed by atoms with van der Waals surface area (Å²) in [7, 11) is 0. The number of aliphatic hydroxyl groups is 2. The van der Waals surface area contributed by atoms with Gasteiger partial charge in [-0.1, -0.05) is 18.2 Å². The van der Waals surface area contributed by atoms with Gasteiger partial charge in [0.15, 0.2) is 0 Å². The number of rotatable bonds is 5. The van der Waals surface area contributed by atoms with Crippen molar-refractivity contribution in [3.63, 3.8) is 0 Å². The van der Waals surface area contributed by atoms with Crippen molar-refractivity contribution >= 4 is 23.3 Å². The number of amidine groups is 1. The lowest BCUT2D eigenvalue weighted by atomic mass is 10.1. The number of carbonyl (C=O) groups excluding carboxylic acids is 1. The number of aliphatic hydroxyl groups excluding tert-OH is 2. The Labute approximate surface area is 177 Å². The van der Waals surface area contributed by atoms with E-state index in [-0.39, 0.29) is 12.6 Å². The predicted octanol–water partition coefficient (Wildman–Crippen LogP) is 2.22. The third-order valence-corrected chi connectivity index (χ3v) is 4.89. The molecule has 4 N–H and O–H groups in total. The average molecular weight is 417 g/mol. The lowest BCUT2D eigenvalue weighted by Gasteiger charge is -2.31. The molecule has 2 heterocycles. The molecule has 1 saturated heterocycles. The van der Waals surface area contributed by atoms with Gasteiger partial charge in [0, 0.05) is 30.8 Å². The van der Waals surface area contributed by atoms with Crippen LogP contribution in [0.1, 0.15) is 45.6 Å². The van der Waals surface area contributed by atoms with Gasteiger partial charge in [-0.3, -0.25) is 0 Å². The van der Waals surface area contributed by atoms with E-state index in [1.807, 2.05) is 18.2 Å². The number of anilines is 1. The Morgan fingerprint density at radius 1 is 1.33 bits per heavy atom. The Kier molecular flexibility index (Phi) is 6.99. The SMILES string of the molecule is CC(C)(C)OC(=O)NCC(O)NC1=NC(c2cccc(N3CCC(O)CC3)c2)=CC1. The summed E-state index contributed by atoms with van der Waals surface area (Å²) in [5, 5.41) is 25.3. The summed E-state index contributed by atoms with van der Waals surface area (Å²) in [6.07, 6.45) is 2.43. The largest absolute Gasteiger partial charge is 0.444 e. The van der Waals surface area contributed by atoms with Crippen LogP contribution in [0.25, 0.3) is 5.70 Å². The summed E-state index contributed by atoms with van der Waals surface area (Å²) in [5.41, 5.74) is 2.40. The van der Waals surface area contributed by atoms with Gasteiger partial charge in [0.25, 0.3) is 0 Å². The second-order valence-electron chi connectivity index (χ2n) is 8.66. The lowest BCUT2D eigenvalue weighted by Crippen LogP contribution is -2.44. The molecule has 0 saturated carbocycles. The molecule has 1 fully saturated rings. The van der Waals surface area contributed by atoms with E-state index in [2.05, 4.69) is 32.7 Å². The minimum atomic E-state index is -0.963. The first-order valence-electron chi connectivity index (χ1n) is 10.4. The Morgan fingerprint density at radius 2 is 2.07 bits per heavy atom. The fraction of sp³-hybridized carbons (Fsp3) is 0.545. The van der Waals surface area contributed by atoms with Crippen LogP contribution in [-0.4, -0.2) is 59.7 Å². The van der Waals surface area contributed by atoms with Gasteiger partial charge in [-0.15, -0.1) is 0 Å². The fourth-order valence-electron chi connectivity index (χ4n) is 3.43. The molecule has 1 aromatic carbocycles.